The lowest BCUT2D eigenvalue weighted by molar-refractivity contribution is -0.118. The van der Waals surface area contributed by atoms with Crippen LogP contribution >= 0.6 is 0 Å². The first kappa shape index (κ1) is 20.4. The zero-order chi connectivity index (χ0) is 20.8. The van der Waals surface area contributed by atoms with E-state index in [0.717, 1.165) is 12.1 Å². The van der Waals surface area contributed by atoms with Crippen molar-refractivity contribution >= 4 is 11.6 Å². The van der Waals surface area contributed by atoms with Crippen LogP contribution in [-0.2, 0) is 17.8 Å². The Bertz CT molecular complexity index is 997. The van der Waals surface area contributed by atoms with Crippen LogP contribution in [0.15, 0.2) is 60.8 Å². The van der Waals surface area contributed by atoms with Crippen molar-refractivity contribution in [3.05, 3.63) is 89.5 Å². The van der Waals surface area contributed by atoms with E-state index in [1.165, 1.54) is 30.2 Å². The van der Waals surface area contributed by atoms with Gasteiger partial charge in [0, 0.05) is 18.7 Å². The Kier molecular flexibility index (Phi) is 6.49. The molecule has 0 bridgehead atoms. The molecule has 0 spiro atoms. The molecule has 0 aliphatic heterocycles. The summed E-state index contributed by atoms with van der Waals surface area (Å²) in [4.78, 5) is 18.3. The van der Waals surface area contributed by atoms with Crippen LogP contribution in [0.5, 0.6) is 5.75 Å². The largest absolute Gasteiger partial charge is 0.494 e. The minimum Gasteiger partial charge on any atom is -0.494 e. The molecular formula is C22H19F3N2O2. The average molecular weight is 400 g/mol. The lowest BCUT2D eigenvalue weighted by Crippen LogP contribution is -2.31. The number of carbonyl (C=O) groups is 1. The number of rotatable bonds is 7. The smallest absolute Gasteiger partial charge is 0.227 e. The molecule has 2 aromatic carbocycles. The number of pyridine rings is 1. The second-order valence-corrected chi connectivity index (χ2v) is 6.37. The van der Waals surface area contributed by atoms with Crippen LogP contribution in [0.3, 0.4) is 0 Å². The molecule has 4 nitrogen and oxygen atoms in total. The van der Waals surface area contributed by atoms with Crippen LogP contribution in [0.1, 0.15) is 17.7 Å². The van der Waals surface area contributed by atoms with Gasteiger partial charge in [-0.1, -0.05) is 12.1 Å². The van der Waals surface area contributed by atoms with E-state index in [-0.39, 0.29) is 30.8 Å². The van der Waals surface area contributed by atoms with Gasteiger partial charge >= 0.3 is 0 Å². The van der Waals surface area contributed by atoms with E-state index in [9.17, 15) is 18.0 Å². The fraction of sp³-hybridized carbons (Fsp3) is 0.182. The topological polar surface area (TPSA) is 42.4 Å². The Labute approximate surface area is 166 Å². The minimum atomic E-state index is -0.843. The first-order valence-electron chi connectivity index (χ1n) is 8.95. The highest BCUT2D eigenvalue weighted by Gasteiger charge is 2.20. The summed E-state index contributed by atoms with van der Waals surface area (Å²) in [5.41, 5.74) is 1.12. The predicted molar refractivity (Wildman–Crippen MR) is 103 cm³/mol. The monoisotopic (exact) mass is 400 g/mol. The van der Waals surface area contributed by atoms with Crippen molar-refractivity contribution in [2.24, 2.45) is 0 Å². The van der Waals surface area contributed by atoms with Gasteiger partial charge in [-0.05, 0) is 48.4 Å². The van der Waals surface area contributed by atoms with Gasteiger partial charge in [0.05, 0.1) is 25.0 Å². The molecule has 1 amide bonds. The van der Waals surface area contributed by atoms with Crippen molar-refractivity contribution in [2.75, 3.05) is 12.0 Å². The molecule has 0 aliphatic rings. The summed E-state index contributed by atoms with van der Waals surface area (Å²) in [5, 5.41) is 0. The third kappa shape index (κ3) is 5.13. The molecule has 3 rings (SSSR count). The SMILES string of the molecule is COc1ccc(CCC(=O)N(Cc2ccccn2)c2ccc(F)cc2F)cc1F. The number of halogens is 3. The number of carbonyl (C=O) groups excluding carboxylic acids is 1. The van der Waals surface area contributed by atoms with E-state index < -0.39 is 23.4 Å². The Hall–Kier alpha value is -3.35. The maximum Gasteiger partial charge on any atom is 0.227 e. The molecule has 0 N–H and O–H groups in total. The quantitative estimate of drug-likeness (QED) is 0.579. The first-order valence-corrected chi connectivity index (χ1v) is 8.95. The van der Waals surface area contributed by atoms with Crippen LogP contribution in [-0.4, -0.2) is 18.0 Å². The second kappa shape index (κ2) is 9.23. The summed E-state index contributed by atoms with van der Waals surface area (Å²) >= 11 is 0. The Morgan fingerprint density at radius 2 is 1.86 bits per heavy atom. The molecule has 7 heteroatoms. The standard InChI is InChI=1S/C22H19F3N2O2/c1-29-21-9-5-15(12-19(21)25)6-10-22(28)27(14-17-4-2-3-11-26-17)20-8-7-16(23)13-18(20)24/h2-5,7-9,11-13H,6,10,14H2,1H3. The second-order valence-electron chi connectivity index (χ2n) is 6.37. The maximum absolute atomic E-state index is 14.3. The van der Waals surface area contributed by atoms with Crippen LogP contribution < -0.4 is 9.64 Å². The number of nitrogens with zero attached hydrogens (tertiary/aromatic N) is 2. The van der Waals surface area contributed by atoms with Gasteiger partial charge < -0.3 is 9.64 Å². The van der Waals surface area contributed by atoms with Crippen molar-refractivity contribution in [1.82, 2.24) is 4.98 Å². The molecule has 0 aliphatic carbocycles. The third-order valence-corrected chi connectivity index (χ3v) is 4.39. The highest BCUT2D eigenvalue weighted by Crippen LogP contribution is 2.24. The molecule has 3 aromatic rings. The number of ether oxygens (including phenoxy) is 1. The summed E-state index contributed by atoms with van der Waals surface area (Å²) in [7, 11) is 1.37. The van der Waals surface area contributed by atoms with Gasteiger partial charge in [0.15, 0.2) is 11.6 Å². The summed E-state index contributed by atoms with van der Waals surface area (Å²) in [6, 6.07) is 12.7. The van der Waals surface area contributed by atoms with Crippen molar-refractivity contribution in [3.8, 4) is 5.75 Å². The van der Waals surface area contributed by atoms with E-state index in [0.29, 0.717) is 11.3 Å². The summed E-state index contributed by atoms with van der Waals surface area (Å²) < 4.78 is 46.4. The number of hydrogen-bond acceptors (Lipinski definition) is 3. The van der Waals surface area contributed by atoms with E-state index in [2.05, 4.69) is 4.98 Å². The molecule has 0 unspecified atom stereocenters. The Morgan fingerprint density at radius 1 is 1.03 bits per heavy atom. The highest BCUT2D eigenvalue weighted by atomic mass is 19.1. The van der Waals surface area contributed by atoms with Gasteiger partial charge in [0.1, 0.15) is 11.6 Å². The summed E-state index contributed by atoms with van der Waals surface area (Å²) in [5.74, 6) is -2.37. The number of methoxy groups -OCH3 is 1. The first-order chi connectivity index (χ1) is 14.0. The zero-order valence-electron chi connectivity index (χ0n) is 15.7. The zero-order valence-corrected chi connectivity index (χ0v) is 15.7. The molecule has 0 saturated heterocycles. The van der Waals surface area contributed by atoms with Gasteiger partial charge in [-0.25, -0.2) is 13.2 Å². The van der Waals surface area contributed by atoms with Crippen LogP contribution in [0.4, 0.5) is 18.9 Å². The van der Waals surface area contributed by atoms with Gasteiger partial charge in [0.2, 0.25) is 5.91 Å². The van der Waals surface area contributed by atoms with Crippen molar-refractivity contribution in [2.45, 2.75) is 19.4 Å². The molecule has 1 heterocycles. The highest BCUT2D eigenvalue weighted by molar-refractivity contribution is 5.93. The minimum absolute atomic E-state index is 0.00934. The fourth-order valence-electron chi connectivity index (χ4n) is 2.91. The van der Waals surface area contributed by atoms with E-state index in [4.69, 9.17) is 4.74 Å². The fourth-order valence-corrected chi connectivity index (χ4v) is 2.91. The van der Waals surface area contributed by atoms with Gasteiger partial charge in [-0.15, -0.1) is 0 Å². The number of anilines is 1. The molecular weight excluding hydrogens is 381 g/mol. The summed E-state index contributed by atoms with van der Waals surface area (Å²) in [6.07, 6.45) is 1.83. The number of aryl methyl sites for hydroxylation is 1. The Morgan fingerprint density at radius 3 is 2.52 bits per heavy atom. The molecule has 29 heavy (non-hydrogen) atoms. The van der Waals surface area contributed by atoms with Crippen molar-refractivity contribution in [1.29, 1.82) is 0 Å². The molecule has 1 aromatic heterocycles. The lowest BCUT2D eigenvalue weighted by atomic mass is 10.1. The number of aromatic nitrogens is 1. The third-order valence-electron chi connectivity index (χ3n) is 4.39. The van der Waals surface area contributed by atoms with E-state index in [1.54, 1.807) is 30.5 Å². The summed E-state index contributed by atoms with van der Waals surface area (Å²) in [6.45, 7) is 0.0270. The van der Waals surface area contributed by atoms with Crippen molar-refractivity contribution in [3.63, 3.8) is 0 Å². The number of benzene rings is 2. The molecule has 0 radical (unpaired) electrons. The van der Waals surface area contributed by atoms with Crippen LogP contribution in [0.25, 0.3) is 0 Å². The predicted octanol–water partition coefficient (Wildman–Crippen LogP) is 4.67. The molecule has 0 saturated carbocycles. The maximum atomic E-state index is 14.3. The van der Waals surface area contributed by atoms with Crippen LogP contribution in [0.2, 0.25) is 0 Å². The number of amides is 1. The average Bonchev–Trinajstić information content (AvgIpc) is 2.71. The number of hydrogen-bond donors (Lipinski definition) is 0. The normalized spacial score (nSPS) is 10.6. The lowest BCUT2D eigenvalue weighted by Gasteiger charge is -2.23. The molecule has 0 fully saturated rings. The van der Waals surface area contributed by atoms with E-state index >= 15 is 0 Å². The van der Waals surface area contributed by atoms with Gasteiger partial charge in [0.25, 0.3) is 0 Å². The Balaban J connectivity index is 1.81. The van der Waals surface area contributed by atoms with E-state index in [1.807, 2.05) is 0 Å². The van der Waals surface area contributed by atoms with Crippen LogP contribution in [0, 0.1) is 17.5 Å². The molecule has 0 atom stereocenters. The molecule has 150 valence electrons. The van der Waals surface area contributed by atoms with Gasteiger partial charge in [-0.3, -0.25) is 9.78 Å². The van der Waals surface area contributed by atoms with Crippen molar-refractivity contribution < 1.29 is 22.7 Å². The van der Waals surface area contributed by atoms with Gasteiger partial charge in [-0.2, -0.15) is 0 Å².